The van der Waals surface area contributed by atoms with Crippen molar-refractivity contribution in [3.05, 3.63) is 65.2 Å². The number of amides is 2. The van der Waals surface area contributed by atoms with Crippen molar-refractivity contribution >= 4 is 39.1 Å². The highest BCUT2D eigenvalue weighted by Gasteiger charge is 2.66. The number of benzene rings is 2. The lowest BCUT2D eigenvalue weighted by molar-refractivity contribution is -0.143. The molecule has 6 rings (SSSR count). The number of anilines is 1. The summed E-state index contributed by atoms with van der Waals surface area (Å²) in [5.74, 6) is -2.84. The molecule has 1 spiro atoms. The molecular weight excluding hydrogens is 588 g/mol. The van der Waals surface area contributed by atoms with Crippen LogP contribution in [-0.4, -0.2) is 117 Å². The van der Waals surface area contributed by atoms with Gasteiger partial charge in [-0.05, 0) is 43.7 Å². The van der Waals surface area contributed by atoms with Crippen molar-refractivity contribution in [3.8, 4) is 0 Å². The monoisotopic (exact) mass is 624 g/mol. The molecule has 4 heterocycles. The number of aliphatic hydroxyl groups is 1. The van der Waals surface area contributed by atoms with Crippen LogP contribution in [0.5, 0.6) is 0 Å². The SMILES string of the molecule is CCN1C(=O)C2(/C(=C(/O)c3ccc(S(=O)(=O)N4CCOCC4)cc3)C(=O)C(=O)N2CCCN2CCOCC2)c2ccccc21. The molecular formula is C31H36N4O8S. The first-order valence-electron chi connectivity index (χ1n) is 14.9. The molecule has 0 bridgehead atoms. The third-order valence-electron chi connectivity index (χ3n) is 8.82. The van der Waals surface area contributed by atoms with Gasteiger partial charge in [-0.3, -0.25) is 19.3 Å². The highest BCUT2D eigenvalue weighted by molar-refractivity contribution is 7.89. The molecule has 234 valence electrons. The Kier molecular flexibility index (Phi) is 8.33. The number of ketones is 1. The second-order valence-corrected chi connectivity index (χ2v) is 13.1. The van der Waals surface area contributed by atoms with E-state index >= 15 is 0 Å². The third kappa shape index (κ3) is 4.83. The molecule has 1 unspecified atom stereocenters. The van der Waals surface area contributed by atoms with Gasteiger partial charge >= 0.3 is 0 Å². The first kappa shape index (κ1) is 30.4. The maximum atomic E-state index is 14.4. The minimum Gasteiger partial charge on any atom is -0.507 e. The van der Waals surface area contributed by atoms with E-state index in [0.29, 0.717) is 57.2 Å². The van der Waals surface area contributed by atoms with E-state index < -0.39 is 38.9 Å². The molecule has 44 heavy (non-hydrogen) atoms. The van der Waals surface area contributed by atoms with Gasteiger partial charge in [-0.2, -0.15) is 4.31 Å². The molecule has 0 saturated carbocycles. The summed E-state index contributed by atoms with van der Waals surface area (Å²) >= 11 is 0. The number of fused-ring (bicyclic) bond motifs is 2. The van der Waals surface area contributed by atoms with Crippen molar-refractivity contribution in [1.29, 1.82) is 0 Å². The van der Waals surface area contributed by atoms with Crippen LogP contribution in [0.1, 0.15) is 24.5 Å². The topological polar surface area (TPSA) is 137 Å². The number of para-hydroxylation sites is 1. The van der Waals surface area contributed by atoms with Gasteiger partial charge < -0.3 is 24.4 Å². The number of rotatable bonds is 8. The van der Waals surface area contributed by atoms with Gasteiger partial charge in [0.25, 0.3) is 17.6 Å². The molecule has 13 heteroatoms. The van der Waals surface area contributed by atoms with Crippen LogP contribution in [0, 0.1) is 0 Å². The average molecular weight is 625 g/mol. The van der Waals surface area contributed by atoms with Crippen LogP contribution < -0.4 is 4.90 Å². The maximum Gasteiger partial charge on any atom is 0.296 e. The number of carbonyl (C=O) groups is 3. The lowest BCUT2D eigenvalue weighted by Gasteiger charge is -2.35. The minimum absolute atomic E-state index is 0.0219. The number of ether oxygens (including phenoxy) is 2. The van der Waals surface area contributed by atoms with Crippen molar-refractivity contribution in [2.24, 2.45) is 0 Å². The van der Waals surface area contributed by atoms with Gasteiger partial charge in [0, 0.05) is 56.9 Å². The second-order valence-electron chi connectivity index (χ2n) is 11.1. The summed E-state index contributed by atoms with van der Waals surface area (Å²) < 4.78 is 38.4. The highest BCUT2D eigenvalue weighted by atomic mass is 32.2. The van der Waals surface area contributed by atoms with Crippen molar-refractivity contribution in [3.63, 3.8) is 0 Å². The van der Waals surface area contributed by atoms with E-state index in [2.05, 4.69) is 4.90 Å². The molecule has 2 amide bonds. The number of aliphatic hydroxyl groups excluding tert-OH is 1. The zero-order valence-electron chi connectivity index (χ0n) is 24.6. The number of carbonyl (C=O) groups excluding carboxylic acids is 3. The summed E-state index contributed by atoms with van der Waals surface area (Å²) in [6, 6.07) is 12.5. The van der Waals surface area contributed by atoms with E-state index in [-0.39, 0.29) is 35.7 Å². The van der Waals surface area contributed by atoms with Crippen LogP contribution in [0.4, 0.5) is 5.69 Å². The molecule has 0 radical (unpaired) electrons. The van der Waals surface area contributed by atoms with Gasteiger partial charge in [-0.15, -0.1) is 0 Å². The first-order chi connectivity index (χ1) is 21.2. The zero-order chi connectivity index (χ0) is 31.1. The van der Waals surface area contributed by atoms with Crippen molar-refractivity contribution in [2.75, 3.05) is 77.1 Å². The van der Waals surface area contributed by atoms with E-state index in [1.807, 2.05) is 6.92 Å². The number of morpholine rings is 2. The van der Waals surface area contributed by atoms with Crippen LogP contribution in [0.25, 0.3) is 5.76 Å². The van der Waals surface area contributed by atoms with E-state index in [1.165, 1.54) is 38.4 Å². The summed E-state index contributed by atoms with van der Waals surface area (Å²) in [6.07, 6.45) is 0.504. The van der Waals surface area contributed by atoms with Gasteiger partial charge in [-0.25, -0.2) is 8.42 Å². The largest absolute Gasteiger partial charge is 0.507 e. The molecule has 4 aliphatic rings. The Morgan fingerprint density at radius 1 is 0.886 bits per heavy atom. The number of likely N-dealkylation sites (tertiary alicyclic amines) is 1. The summed E-state index contributed by atoms with van der Waals surface area (Å²) in [5.41, 5.74) is -1.03. The summed E-state index contributed by atoms with van der Waals surface area (Å²) in [5, 5.41) is 11.7. The highest BCUT2D eigenvalue weighted by Crippen LogP contribution is 2.53. The van der Waals surface area contributed by atoms with Crippen LogP contribution in [0.2, 0.25) is 0 Å². The molecule has 3 fully saturated rings. The fraction of sp³-hybridized carbons (Fsp3) is 0.452. The molecule has 4 aliphatic heterocycles. The smallest absolute Gasteiger partial charge is 0.296 e. The molecule has 2 aromatic carbocycles. The van der Waals surface area contributed by atoms with Crippen LogP contribution in [0.3, 0.4) is 0 Å². The number of likely N-dealkylation sites (N-methyl/N-ethyl adjacent to an activating group) is 1. The predicted octanol–water partition coefficient (Wildman–Crippen LogP) is 1.37. The summed E-state index contributed by atoms with van der Waals surface area (Å²) in [4.78, 5) is 47.0. The Bertz CT molecular complexity index is 1600. The molecule has 2 aromatic rings. The lowest BCUT2D eigenvalue weighted by Crippen LogP contribution is -2.52. The first-order valence-corrected chi connectivity index (χ1v) is 16.4. The Hall–Kier alpha value is -3.62. The van der Waals surface area contributed by atoms with Crippen molar-refractivity contribution in [2.45, 2.75) is 23.8 Å². The number of Topliss-reactive ketones (excluding diaryl/α,β-unsaturated/α-hetero) is 1. The molecule has 0 aliphatic carbocycles. The quantitative estimate of drug-likeness (QED) is 0.262. The van der Waals surface area contributed by atoms with Crippen molar-refractivity contribution < 1.29 is 37.4 Å². The Morgan fingerprint density at radius 2 is 1.52 bits per heavy atom. The Morgan fingerprint density at radius 3 is 2.18 bits per heavy atom. The molecule has 1 N–H and O–H groups in total. The third-order valence-corrected chi connectivity index (χ3v) is 10.7. The van der Waals surface area contributed by atoms with Crippen LogP contribution in [-0.2, 0) is 39.4 Å². The maximum absolute atomic E-state index is 14.4. The number of sulfonamides is 1. The van der Waals surface area contributed by atoms with Gasteiger partial charge in [-0.1, -0.05) is 18.2 Å². The lowest BCUT2D eigenvalue weighted by atomic mass is 9.82. The fourth-order valence-electron chi connectivity index (χ4n) is 6.62. The number of hydrogen-bond donors (Lipinski definition) is 1. The molecule has 0 aromatic heterocycles. The molecule has 1 atom stereocenters. The zero-order valence-corrected chi connectivity index (χ0v) is 25.4. The van der Waals surface area contributed by atoms with E-state index in [9.17, 15) is 27.9 Å². The average Bonchev–Trinajstić information content (AvgIpc) is 3.43. The van der Waals surface area contributed by atoms with Crippen LogP contribution in [0.15, 0.2) is 59.0 Å². The summed E-state index contributed by atoms with van der Waals surface area (Å²) in [6.45, 7) is 6.69. The predicted molar refractivity (Wildman–Crippen MR) is 160 cm³/mol. The second kappa shape index (κ2) is 12.1. The standard InChI is InChI=1S/C31H36N4O8S/c1-2-34-25-7-4-3-6-24(25)31(30(34)39)26(28(37)29(38)35(31)13-5-12-32-14-18-42-19-15-32)27(36)22-8-10-23(11-9-22)44(40,41)33-16-20-43-21-17-33/h3-4,6-11,36H,2,5,12-21H2,1H3/b27-26+. The Balaban J connectivity index is 1.42. The number of nitrogens with zero attached hydrogens (tertiary/aromatic N) is 4. The van der Waals surface area contributed by atoms with Crippen molar-refractivity contribution in [1.82, 2.24) is 14.1 Å². The van der Waals surface area contributed by atoms with E-state index in [4.69, 9.17) is 9.47 Å². The van der Waals surface area contributed by atoms with Gasteiger partial charge in [0.2, 0.25) is 10.0 Å². The molecule has 3 saturated heterocycles. The van der Waals surface area contributed by atoms with Gasteiger partial charge in [0.15, 0.2) is 5.54 Å². The van der Waals surface area contributed by atoms with Gasteiger partial charge in [0.1, 0.15) is 5.76 Å². The number of hydrogen-bond acceptors (Lipinski definition) is 9. The van der Waals surface area contributed by atoms with E-state index in [1.54, 1.807) is 24.3 Å². The normalized spacial score (nSPS) is 24.4. The van der Waals surface area contributed by atoms with E-state index in [0.717, 1.165) is 13.1 Å². The van der Waals surface area contributed by atoms with Gasteiger partial charge in [0.05, 0.1) is 42.6 Å². The fourth-order valence-corrected chi connectivity index (χ4v) is 8.03. The van der Waals surface area contributed by atoms with Crippen LogP contribution >= 0.6 is 0 Å². The summed E-state index contributed by atoms with van der Waals surface area (Å²) in [7, 11) is -3.80. The Labute approximate surface area is 256 Å². The molecule has 12 nitrogen and oxygen atoms in total. The minimum atomic E-state index is -3.80.